The molecule has 4 atom stereocenters. The standard InChI is InChI=1S/C24H38N8O5/c1-13(2)5-18(22(34)32-20(24(36)37)6-14(3)4)31-23(35)19(8-16-10-27-12-29-16)30-21(33)17(25)7-15-9-26-11-28-15/h9-14,17-20H,5-8,25H2,1-4H3,(H,26,28)(H,27,29)(H,30,33)(H,31,35)(H,32,34)(H,36,37)/t17-,18-,19-,20-/m0/s1. The van der Waals surface area contributed by atoms with Crippen molar-refractivity contribution in [2.24, 2.45) is 17.6 Å². The van der Waals surface area contributed by atoms with Gasteiger partial charge >= 0.3 is 5.97 Å². The van der Waals surface area contributed by atoms with Crippen molar-refractivity contribution < 1.29 is 24.3 Å². The van der Waals surface area contributed by atoms with Gasteiger partial charge in [-0.1, -0.05) is 27.7 Å². The molecule has 0 aromatic carbocycles. The highest BCUT2D eigenvalue weighted by Crippen LogP contribution is 2.10. The third-order valence-electron chi connectivity index (χ3n) is 5.61. The average Bonchev–Trinajstić information content (AvgIpc) is 3.51. The minimum absolute atomic E-state index is 0.0212. The van der Waals surface area contributed by atoms with Crippen LogP contribution in [0.2, 0.25) is 0 Å². The molecule has 2 aromatic rings. The Morgan fingerprint density at radius 2 is 1.24 bits per heavy atom. The van der Waals surface area contributed by atoms with Crippen LogP contribution in [0.15, 0.2) is 25.0 Å². The second-order valence-corrected chi connectivity index (χ2v) is 9.95. The molecule has 0 aliphatic heterocycles. The molecule has 0 saturated heterocycles. The minimum Gasteiger partial charge on any atom is -0.480 e. The second-order valence-electron chi connectivity index (χ2n) is 9.95. The van der Waals surface area contributed by atoms with Gasteiger partial charge in [0, 0.05) is 36.6 Å². The largest absolute Gasteiger partial charge is 0.480 e. The van der Waals surface area contributed by atoms with E-state index < -0.39 is 47.9 Å². The first-order valence-electron chi connectivity index (χ1n) is 12.3. The smallest absolute Gasteiger partial charge is 0.326 e. The Bertz CT molecular complexity index is 1010. The van der Waals surface area contributed by atoms with Crippen molar-refractivity contribution in [3.8, 4) is 0 Å². The number of H-pyrrole nitrogens is 2. The molecule has 0 aliphatic carbocycles. The van der Waals surface area contributed by atoms with Crippen molar-refractivity contribution in [2.45, 2.75) is 77.5 Å². The van der Waals surface area contributed by atoms with E-state index >= 15 is 0 Å². The number of nitrogens with two attached hydrogens (primary N) is 1. The molecule has 0 aliphatic rings. The normalized spacial score (nSPS) is 14.6. The lowest BCUT2D eigenvalue weighted by Crippen LogP contribution is -2.58. The van der Waals surface area contributed by atoms with Gasteiger partial charge in [0.05, 0.1) is 18.7 Å². The Morgan fingerprint density at radius 1 is 0.784 bits per heavy atom. The highest BCUT2D eigenvalue weighted by molar-refractivity contribution is 5.94. The van der Waals surface area contributed by atoms with Crippen LogP contribution < -0.4 is 21.7 Å². The molecule has 0 unspecified atom stereocenters. The summed E-state index contributed by atoms with van der Waals surface area (Å²) in [6, 6.07) is -4.09. The fourth-order valence-electron chi connectivity index (χ4n) is 3.77. The number of nitrogens with one attached hydrogen (secondary N) is 5. The van der Waals surface area contributed by atoms with Gasteiger partial charge in [0.1, 0.15) is 18.1 Å². The van der Waals surface area contributed by atoms with Crippen LogP contribution in [0, 0.1) is 11.8 Å². The molecule has 13 nitrogen and oxygen atoms in total. The van der Waals surface area contributed by atoms with E-state index in [1.165, 1.54) is 18.9 Å². The summed E-state index contributed by atoms with van der Waals surface area (Å²) >= 11 is 0. The van der Waals surface area contributed by atoms with E-state index in [-0.39, 0.29) is 37.5 Å². The van der Waals surface area contributed by atoms with E-state index in [2.05, 4.69) is 35.9 Å². The maximum absolute atomic E-state index is 13.3. The number of amides is 3. The number of imidazole rings is 2. The van der Waals surface area contributed by atoms with Crippen LogP contribution in [0.5, 0.6) is 0 Å². The van der Waals surface area contributed by atoms with E-state index in [9.17, 15) is 24.3 Å². The summed E-state index contributed by atoms with van der Waals surface area (Å²) < 4.78 is 0. The van der Waals surface area contributed by atoms with Crippen molar-refractivity contribution in [3.63, 3.8) is 0 Å². The fourth-order valence-corrected chi connectivity index (χ4v) is 3.77. The van der Waals surface area contributed by atoms with Crippen LogP contribution in [0.25, 0.3) is 0 Å². The summed E-state index contributed by atoms with van der Waals surface area (Å²) in [4.78, 5) is 64.4. The van der Waals surface area contributed by atoms with E-state index in [1.54, 1.807) is 6.20 Å². The number of hydrogen-bond acceptors (Lipinski definition) is 7. The summed E-state index contributed by atoms with van der Waals surface area (Å²) in [6.45, 7) is 7.48. The van der Waals surface area contributed by atoms with Gasteiger partial charge in [-0.25, -0.2) is 14.8 Å². The number of aromatic nitrogens is 4. The number of aromatic amines is 2. The van der Waals surface area contributed by atoms with Crippen LogP contribution in [-0.2, 0) is 32.0 Å². The molecule has 2 aromatic heterocycles. The molecule has 13 heteroatoms. The maximum atomic E-state index is 13.3. The van der Waals surface area contributed by atoms with Crippen molar-refractivity contribution >= 4 is 23.7 Å². The summed E-state index contributed by atoms with van der Waals surface area (Å²) in [6.07, 6.45) is 6.80. The van der Waals surface area contributed by atoms with Crippen LogP contribution in [0.3, 0.4) is 0 Å². The van der Waals surface area contributed by atoms with Crippen molar-refractivity contribution in [1.29, 1.82) is 0 Å². The number of hydrogen-bond donors (Lipinski definition) is 7. The Labute approximate surface area is 215 Å². The van der Waals surface area contributed by atoms with Gasteiger partial charge in [-0.3, -0.25) is 14.4 Å². The quantitative estimate of drug-likeness (QED) is 0.169. The van der Waals surface area contributed by atoms with Gasteiger partial charge in [-0.05, 0) is 24.7 Å². The molecular weight excluding hydrogens is 480 g/mol. The van der Waals surface area contributed by atoms with Crippen molar-refractivity contribution in [2.75, 3.05) is 0 Å². The Hall–Kier alpha value is -3.74. The van der Waals surface area contributed by atoms with E-state index in [0.717, 1.165) is 0 Å². The van der Waals surface area contributed by atoms with Crippen molar-refractivity contribution in [1.82, 2.24) is 35.9 Å². The predicted octanol–water partition coefficient (Wildman–Crippen LogP) is -0.123. The average molecular weight is 519 g/mol. The zero-order valence-electron chi connectivity index (χ0n) is 21.7. The summed E-state index contributed by atoms with van der Waals surface area (Å²) in [5.41, 5.74) is 7.30. The molecule has 37 heavy (non-hydrogen) atoms. The molecule has 0 bridgehead atoms. The van der Waals surface area contributed by atoms with Crippen LogP contribution in [0.1, 0.15) is 51.9 Å². The Balaban J connectivity index is 2.16. The first-order valence-corrected chi connectivity index (χ1v) is 12.3. The Kier molecular flexibility index (Phi) is 11.2. The molecule has 0 fully saturated rings. The topological polar surface area (TPSA) is 208 Å². The number of nitrogens with zero attached hydrogens (tertiary/aromatic N) is 2. The molecule has 2 heterocycles. The van der Waals surface area contributed by atoms with Gasteiger partial charge in [-0.15, -0.1) is 0 Å². The summed E-state index contributed by atoms with van der Waals surface area (Å²) in [5.74, 6) is -2.84. The third-order valence-corrected chi connectivity index (χ3v) is 5.61. The highest BCUT2D eigenvalue weighted by Gasteiger charge is 2.31. The molecule has 0 saturated carbocycles. The zero-order valence-corrected chi connectivity index (χ0v) is 21.7. The number of carbonyl (C=O) groups is 4. The first kappa shape index (κ1) is 29.5. The molecule has 3 amide bonds. The summed E-state index contributed by atoms with van der Waals surface area (Å²) in [5, 5.41) is 17.4. The van der Waals surface area contributed by atoms with Gasteiger partial charge < -0.3 is 36.8 Å². The van der Waals surface area contributed by atoms with Gasteiger partial charge in [0.25, 0.3) is 0 Å². The van der Waals surface area contributed by atoms with Crippen molar-refractivity contribution in [3.05, 3.63) is 36.4 Å². The number of carboxylic acid groups (broad SMARTS) is 1. The molecule has 2 rings (SSSR count). The van der Waals surface area contributed by atoms with Gasteiger partial charge in [-0.2, -0.15) is 0 Å². The molecule has 204 valence electrons. The van der Waals surface area contributed by atoms with E-state index in [0.29, 0.717) is 11.4 Å². The fraction of sp³-hybridized carbons (Fsp3) is 0.583. The SMILES string of the molecule is CC(C)C[C@H](NC(=O)[C@H](CC(C)C)NC(=O)[C@H](Cc1cnc[nH]1)NC(=O)[C@@H](N)Cc1cnc[nH]1)C(=O)O. The lowest BCUT2D eigenvalue weighted by Gasteiger charge is -2.26. The van der Waals surface area contributed by atoms with E-state index in [4.69, 9.17) is 5.73 Å². The monoisotopic (exact) mass is 518 g/mol. The van der Waals surface area contributed by atoms with Crippen LogP contribution in [-0.4, -0.2) is 72.9 Å². The number of carbonyl (C=O) groups excluding carboxylic acids is 3. The lowest BCUT2D eigenvalue weighted by atomic mass is 10.00. The molecule has 8 N–H and O–H groups in total. The maximum Gasteiger partial charge on any atom is 0.326 e. The molecule has 0 spiro atoms. The third kappa shape index (κ3) is 10.0. The second kappa shape index (κ2) is 14.1. The van der Waals surface area contributed by atoms with E-state index in [1.807, 2.05) is 27.7 Å². The van der Waals surface area contributed by atoms with Crippen LogP contribution in [0.4, 0.5) is 0 Å². The first-order chi connectivity index (χ1) is 17.5. The zero-order chi connectivity index (χ0) is 27.5. The highest BCUT2D eigenvalue weighted by atomic mass is 16.4. The minimum atomic E-state index is -1.15. The number of carboxylic acids is 1. The molecular formula is C24H38N8O5. The van der Waals surface area contributed by atoms with Gasteiger partial charge in [0.15, 0.2) is 0 Å². The molecule has 0 radical (unpaired) electrons. The van der Waals surface area contributed by atoms with Crippen LogP contribution >= 0.6 is 0 Å². The van der Waals surface area contributed by atoms with Gasteiger partial charge in [0.2, 0.25) is 17.7 Å². The Morgan fingerprint density at radius 3 is 1.73 bits per heavy atom. The number of aliphatic carboxylic acids is 1. The summed E-state index contributed by atoms with van der Waals surface area (Å²) in [7, 11) is 0. The predicted molar refractivity (Wildman–Crippen MR) is 135 cm³/mol. The number of rotatable bonds is 15. The lowest BCUT2D eigenvalue weighted by molar-refractivity contribution is -0.143.